The van der Waals surface area contributed by atoms with Gasteiger partial charge in [0.1, 0.15) is 30.5 Å². The van der Waals surface area contributed by atoms with E-state index in [4.69, 9.17) is 9.47 Å². The van der Waals surface area contributed by atoms with Gasteiger partial charge in [-0.15, -0.1) is 0 Å². The third-order valence-corrected chi connectivity index (χ3v) is 11.1. The Morgan fingerprint density at radius 1 is 0.667 bits per heavy atom. The molecule has 13 nitrogen and oxygen atoms in total. The number of allylic oxidation sites excluding steroid dienone is 7. The molecule has 1 amide bonds. The molecule has 0 aromatic carbocycles. The number of aliphatic hydroxyl groups excluding tert-OH is 5. The molecule has 14 heteroatoms. The van der Waals surface area contributed by atoms with E-state index in [2.05, 4.69) is 59.8 Å². The van der Waals surface area contributed by atoms with Crippen molar-refractivity contribution in [2.24, 2.45) is 0 Å². The summed E-state index contributed by atoms with van der Waals surface area (Å²) in [5.41, 5.74) is 0. The Balaban J connectivity index is 2.63. The molecule has 1 saturated heterocycles. The number of carbonyl (C=O) groups is 1. The number of amides is 1. The first-order valence-corrected chi connectivity index (χ1v) is 24.5. The summed E-state index contributed by atoms with van der Waals surface area (Å²) in [7, 11) is -5.13. The molecular weight excluding hydrogens is 791 g/mol. The van der Waals surface area contributed by atoms with Crippen molar-refractivity contribution in [2.75, 3.05) is 13.2 Å². The monoisotopic (exact) mass is 874 g/mol. The summed E-state index contributed by atoms with van der Waals surface area (Å²) < 4.78 is 47.4. The van der Waals surface area contributed by atoms with Gasteiger partial charge >= 0.3 is 10.4 Å². The fourth-order valence-corrected chi connectivity index (χ4v) is 7.46. The van der Waals surface area contributed by atoms with E-state index in [0.717, 1.165) is 57.8 Å². The van der Waals surface area contributed by atoms with E-state index in [1.807, 2.05) is 0 Å². The maximum Gasteiger partial charge on any atom is 0.397 e. The van der Waals surface area contributed by atoms with Crippen molar-refractivity contribution in [1.82, 2.24) is 5.32 Å². The Bertz CT molecular complexity index is 1280. The lowest BCUT2D eigenvalue weighted by Crippen LogP contribution is -2.61. The minimum atomic E-state index is -5.13. The number of aliphatic hydroxyl groups is 5. The van der Waals surface area contributed by atoms with E-state index in [-0.39, 0.29) is 6.42 Å². The first-order valence-electron chi connectivity index (χ1n) is 23.1. The minimum absolute atomic E-state index is 0.218. The van der Waals surface area contributed by atoms with Crippen LogP contribution in [0.3, 0.4) is 0 Å². The summed E-state index contributed by atoms with van der Waals surface area (Å²) in [6.45, 7) is 3.15. The van der Waals surface area contributed by atoms with Gasteiger partial charge in [-0.3, -0.25) is 9.35 Å². The molecule has 0 spiro atoms. The van der Waals surface area contributed by atoms with Crippen molar-refractivity contribution in [3.63, 3.8) is 0 Å². The molecule has 60 heavy (non-hydrogen) atoms. The highest BCUT2D eigenvalue weighted by Crippen LogP contribution is 2.26. The van der Waals surface area contributed by atoms with Gasteiger partial charge in [0.05, 0.1) is 25.4 Å². The molecule has 0 bridgehead atoms. The van der Waals surface area contributed by atoms with Crippen LogP contribution in [0.2, 0.25) is 0 Å². The van der Waals surface area contributed by atoms with Gasteiger partial charge in [0.2, 0.25) is 5.91 Å². The van der Waals surface area contributed by atoms with Gasteiger partial charge in [0.15, 0.2) is 6.29 Å². The predicted molar refractivity (Wildman–Crippen MR) is 237 cm³/mol. The molecule has 8 unspecified atom stereocenters. The van der Waals surface area contributed by atoms with Crippen LogP contribution in [-0.2, 0) is 28.9 Å². The van der Waals surface area contributed by atoms with Gasteiger partial charge in [-0.2, -0.15) is 8.42 Å². The molecule has 1 aliphatic rings. The van der Waals surface area contributed by atoms with Gasteiger partial charge in [-0.25, -0.2) is 4.18 Å². The Hall–Kier alpha value is -1.98. The molecule has 0 aromatic heterocycles. The second-order valence-corrected chi connectivity index (χ2v) is 17.2. The predicted octanol–water partition coefficient (Wildman–Crippen LogP) is 7.85. The van der Waals surface area contributed by atoms with Crippen LogP contribution in [0.25, 0.3) is 0 Å². The van der Waals surface area contributed by atoms with Crippen LogP contribution in [-0.4, -0.2) is 107 Å². The summed E-state index contributed by atoms with van der Waals surface area (Å²) in [4.78, 5) is 13.1. The lowest BCUT2D eigenvalue weighted by Gasteiger charge is -2.41. The molecule has 1 rings (SSSR count). The fourth-order valence-electron chi connectivity index (χ4n) is 6.96. The Labute approximate surface area is 362 Å². The average molecular weight is 874 g/mol. The number of rotatable bonds is 38. The van der Waals surface area contributed by atoms with Crippen LogP contribution in [0.15, 0.2) is 48.6 Å². The minimum Gasteiger partial charge on any atom is -0.394 e. The lowest BCUT2D eigenvalue weighted by molar-refractivity contribution is -0.298. The Morgan fingerprint density at radius 2 is 1.12 bits per heavy atom. The molecule has 7 N–H and O–H groups in total. The zero-order valence-corrected chi connectivity index (χ0v) is 37.7. The third kappa shape index (κ3) is 28.6. The third-order valence-electron chi connectivity index (χ3n) is 10.7. The first kappa shape index (κ1) is 56.0. The van der Waals surface area contributed by atoms with Crippen molar-refractivity contribution in [2.45, 2.75) is 223 Å². The summed E-state index contributed by atoms with van der Waals surface area (Å²) in [6.07, 6.45) is 32.0. The number of unbranched alkanes of at least 4 members (excludes halogenated alkanes) is 19. The number of nitrogens with one attached hydrogen (secondary N) is 1. The Morgan fingerprint density at radius 3 is 1.62 bits per heavy atom. The molecule has 8 atom stereocenters. The van der Waals surface area contributed by atoms with E-state index in [1.165, 1.54) is 89.5 Å². The van der Waals surface area contributed by atoms with E-state index in [9.17, 15) is 43.3 Å². The topological polar surface area (TPSA) is 212 Å². The highest BCUT2D eigenvalue weighted by Gasteiger charge is 2.48. The van der Waals surface area contributed by atoms with Crippen LogP contribution in [0.1, 0.15) is 174 Å². The molecular formula is C46H83NO12S. The van der Waals surface area contributed by atoms with Crippen molar-refractivity contribution in [1.29, 1.82) is 0 Å². The number of hydrogen-bond donors (Lipinski definition) is 7. The SMILES string of the molecule is CCCCCC/C=C/CC/C=C/CC/C=C/C(O)C(COC1OC(CO)C(O)C(OS(=O)(=O)O)C1O)NC(=O)C(O)CCCCCC/C=C\CCCCCCCCCCC. The maximum absolute atomic E-state index is 13.1. The highest BCUT2D eigenvalue weighted by atomic mass is 32.3. The zero-order valence-electron chi connectivity index (χ0n) is 36.9. The van der Waals surface area contributed by atoms with Crippen LogP contribution >= 0.6 is 0 Å². The summed E-state index contributed by atoms with van der Waals surface area (Å²) in [5.74, 6) is -0.727. The molecule has 1 aliphatic heterocycles. The first-order chi connectivity index (χ1) is 28.9. The zero-order chi connectivity index (χ0) is 44.3. The van der Waals surface area contributed by atoms with E-state index in [0.29, 0.717) is 12.8 Å². The maximum atomic E-state index is 13.1. The van der Waals surface area contributed by atoms with Crippen LogP contribution in [0, 0.1) is 0 Å². The standard InChI is InChI=1S/C46H83NO12S/c1-3-5-7-9-11-13-15-17-19-20-21-23-25-27-29-31-33-35-40(50)45(53)47-38(37-57-46-43(52)44(59-60(54,55)56)42(51)41(36-48)58-46)39(49)34-32-30-28-26-24-22-18-16-14-12-10-8-6-4-2/h14,16,21,23-24,26,32,34,38-44,46,48-52H,3-13,15,17-20,22,25,27-31,33,35-37H2,1-2H3,(H,47,53)(H,54,55,56)/b16-14+,23-21-,26-24+,34-32+. The summed E-state index contributed by atoms with van der Waals surface area (Å²) in [6, 6.07) is -1.15. The summed E-state index contributed by atoms with van der Waals surface area (Å²) >= 11 is 0. The van der Waals surface area contributed by atoms with Gasteiger partial charge in [0.25, 0.3) is 0 Å². The second kappa shape index (κ2) is 36.5. The van der Waals surface area contributed by atoms with E-state index in [1.54, 1.807) is 6.08 Å². The fraction of sp³-hybridized carbons (Fsp3) is 0.804. The number of ether oxygens (including phenoxy) is 2. The molecule has 1 heterocycles. The van der Waals surface area contributed by atoms with Gasteiger partial charge < -0.3 is 40.3 Å². The smallest absolute Gasteiger partial charge is 0.394 e. The summed E-state index contributed by atoms with van der Waals surface area (Å²) in [5, 5.41) is 55.1. The van der Waals surface area contributed by atoms with Gasteiger partial charge in [-0.05, 0) is 70.6 Å². The van der Waals surface area contributed by atoms with Crippen LogP contribution in [0.5, 0.6) is 0 Å². The average Bonchev–Trinajstić information content (AvgIpc) is 3.22. The molecule has 0 aromatic rings. The van der Waals surface area contributed by atoms with Crippen molar-refractivity contribution < 1.29 is 57.0 Å². The molecule has 1 fully saturated rings. The van der Waals surface area contributed by atoms with Gasteiger partial charge in [0, 0.05) is 0 Å². The van der Waals surface area contributed by atoms with E-state index < -0.39 is 78.5 Å². The van der Waals surface area contributed by atoms with Gasteiger partial charge in [-0.1, -0.05) is 152 Å². The molecule has 0 aliphatic carbocycles. The lowest BCUT2D eigenvalue weighted by atomic mass is 9.99. The Kier molecular flexibility index (Phi) is 34.1. The van der Waals surface area contributed by atoms with Crippen molar-refractivity contribution in [3.8, 4) is 0 Å². The number of hydrogen-bond acceptors (Lipinski definition) is 11. The quantitative estimate of drug-likeness (QED) is 0.0180. The molecule has 0 saturated carbocycles. The van der Waals surface area contributed by atoms with Crippen LogP contribution < -0.4 is 5.32 Å². The molecule has 0 radical (unpaired) electrons. The highest BCUT2D eigenvalue weighted by molar-refractivity contribution is 7.80. The van der Waals surface area contributed by atoms with E-state index >= 15 is 0 Å². The van der Waals surface area contributed by atoms with Crippen molar-refractivity contribution in [3.05, 3.63) is 48.6 Å². The largest absolute Gasteiger partial charge is 0.397 e. The normalized spacial score (nSPS) is 21.8. The second-order valence-electron chi connectivity index (χ2n) is 16.1. The van der Waals surface area contributed by atoms with Crippen LogP contribution in [0.4, 0.5) is 0 Å². The number of carbonyl (C=O) groups excluding carboxylic acids is 1. The molecule has 350 valence electrons. The van der Waals surface area contributed by atoms with Crippen molar-refractivity contribution >= 4 is 16.3 Å².